The van der Waals surface area contributed by atoms with Crippen molar-refractivity contribution in [2.75, 3.05) is 23.3 Å². The zero-order valence-electron chi connectivity index (χ0n) is 14.3. The smallest absolute Gasteiger partial charge is 0.321 e. The first-order valence-corrected chi connectivity index (χ1v) is 8.87. The molecule has 1 aliphatic heterocycles. The summed E-state index contributed by atoms with van der Waals surface area (Å²) in [6, 6.07) is 16.5. The van der Waals surface area contributed by atoms with E-state index in [9.17, 15) is 9.59 Å². The molecule has 3 amide bonds. The van der Waals surface area contributed by atoms with E-state index >= 15 is 0 Å². The number of hydrogen-bond acceptors (Lipinski definition) is 3. The molecule has 4 rings (SSSR count). The van der Waals surface area contributed by atoms with Gasteiger partial charge in [0.05, 0.1) is 0 Å². The topological polar surface area (TPSA) is 82.2 Å². The van der Waals surface area contributed by atoms with Crippen molar-refractivity contribution in [3.05, 3.63) is 71.3 Å². The molecule has 8 heteroatoms. The number of nitrogens with zero attached hydrogens (tertiary/aromatic N) is 2. The van der Waals surface area contributed by atoms with E-state index in [1.807, 2.05) is 30.3 Å². The number of H-pyrrole nitrogens is 1. The zero-order valence-corrected chi connectivity index (χ0v) is 15.1. The van der Waals surface area contributed by atoms with Crippen LogP contribution in [0, 0.1) is 4.77 Å². The molecular weight excluding hydrogens is 362 g/mol. The van der Waals surface area contributed by atoms with Gasteiger partial charge in [-0.05, 0) is 48.6 Å². The number of hydrogen-bond donors (Lipinski definition) is 3. The Balaban J connectivity index is 1.55. The van der Waals surface area contributed by atoms with Gasteiger partial charge in [0.15, 0.2) is 4.77 Å². The van der Waals surface area contributed by atoms with Crippen molar-refractivity contribution in [3.8, 4) is 5.69 Å². The standard InChI is InChI=1S/C19H17N5O2S/c25-17(16-12-21-19(27)24(16)15-4-2-1-3-5-15)22-13-6-8-14(9-7-13)23-11-10-20-18(23)26/h1-9,12H,10-11H2,(H,20,26)(H,21,27)(H,22,25). The highest BCUT2D eigenvalue weighted by Gasteiger charge is 2.21. The van der Waals surface area contributed by atoms with Gasteiger partial charge in [-0.15, -0.1) is 0 Å². The molecule has 0 radical (unpaired) electrons. The summed E-state index contributed by atoms with van der Waals surface area (Å²) in [6.07, 6.45) is 1.59. The number of imidazole rings is 1. The van der Waals surface area contributed by atoms with Crippen molar-refractivity contribution in [1.82, 2.24) is 14.9 Å². The minimum Gasteiger partial charge on any atom is -0.336 e. The normalized spacial score (nSPS) is 13.5. The number of nitrogens with one attached hydrogen (secondary N) is 3. The SMILES string of the molecule is O=C(Nc1ccc(N2CCNC2=O)cc1)c1c[nH]c(=S)n1-c1ccccc1. The summed E-state index contributed by atoms with van der Waals surface area (Å²) < 4.78 is 2.13. The quantitative estimate of drug-likeness (QED) is 0.608. The first kappa shape index (κ1) is 17.0. The first-order chi connectivity index (χ1) is 13.1. The Morgan fingerprint density at radius 3 is 2.44 bits per heavy atom. The van der Waals surface area contributed by atoms with Crippen LogP contribution in [0.1, 0.15) is 10.5 Å². The van der Waals surface area contributed by atoms with Crippen LogP contribution in [0.2, 0.25) is 0 Å². The summed E-state index contributed by atoms with van der Waals surface area (Å²) >= 11 is 5.31. The molecule has 136 valence electrons. The van der Waals surface area contributed by atoms with Crippen LogP contribution >= 0.6 is 12.2 Å². The predicted octanol–water partition coefficient (Wildman–Crippen LogP) is 3.32. The van der Waals surface area contributed by atoms with E-state index < -0.39 is 0 Å². The maximum Gasteiger partial charge on any atom is 0.321 e. The molecular formula is C19H17N5O2S. The van der Waals surface area contributed by atoms with Crippen LogP contribution < -0.4 is 15.5 Å². The third kappa shape index (κ3) is 3.34. The molecule has 2 heterocycles. The molecule has 27 heavy (non-hydrogen) atoms. The highest BCUT2D eigenvalue weighted by molar-refractivity contribution is 7.71. The summed E-state index contributed by atoms with van der Waals surface area (Å²) in [5.41, 5.74) is 2.64. The van der Waals surface area contributed by atoms with Gasteiger partial charge in [0.25, 0.3) is 5.91 Å². The number of para-hydroxylation sites is 1. The van der Waals surface area contributed by atoms with Crippen LogP contribution in [-0.2, 0) is 0 Å². The Kier molecular flexibility index (Phi) is 4.47. The maximum absolute atomic E-state index is 12.7. The van der Waals surface area contributed by atoms with E-state index in [4.69, 9.17) is 12.2 Å². The molecule has 1 saturated heterocycles. The number of aromatic amines is 1. The molecule has 0 bridgehead atoms. The number of aromatic nitrogens is 2. The summed E-state index contributed by atoms with van der Waals surface area (Å²) in [5, 5.41) is 5.63. The fourth-order valence-electron chi connectivity index (χ4n) is 3.01. The lowest BCUT2D eigenvalue weighted by molar-refractivity contribution is 0.102. The van der Waals surface area contributed by atoms with Gasteiger partial charge in [-0.25, -0.2) is 4.79 Å². The number of carbonyl (C=O) groups excluding carboxylic acids is 2. The predicted molar refractivity (Wildman–Crippen MR) is 106 cm³/mol. The molecule has 1 aromatic heterocycles. The zero-order chi connectivity index (χ0) is 18.8. The van der Waals surface area contributed by atoms with Crippen molar-refractivity contribution < 1.29 is 9.59 Å². The molecule has 7 nitrogen and oxygen atoms in total. The van der Waals surface area contributed by atoms with Gasteiger partial charge in [0.2, 0.25) is 0 Å². The third-order valence-corrected chi connectivity index (χ3v) is 4.62. The largest absolute Gasteiger partial charge is 0.336 e. The van der Waals surface area contributed by atoms with E-state index in [1.165, 1.54) is 0 Å². The highest BCUT2D eigenvalue weighted by atomic mass is 32.1. The van der Waals surface area contributed by atoms with Gasteiger partial charge in [-0.1, -0.05) is 18.2 Å². The Labute approximate surface area is 160 Å². The van der Waals surface area contributed by atoms with E-state index in [0.29, 0.717) is 29.2 Å². The van der Waals surface area contributed by atoms with E-state index in [1.54, 1.807) is 39.9 Å². The summed E-state index contributed by atoms with van der Waals surface area (Å²) in [5.74, 6) is -0.280. The fourth-order valence-corrected chi connectivity index (χ4v) is 3.27. The van der Waals surface area contributed by atoms with Crippen molar-refractivity contribution in [1.29, 1.82) is 0 Å². The lowest BCUT2D eigenvalue weighted by atomic mass is 10.2. The van der Waals surface area contributed by atoms with Gasteiger partial charge >= 0.3 is 6.03 Å². The van der Waals surface area contributed by atoms with E-state index in [-0.39, 0.29) is 11.9 Å². The van der Waals surface area contributed by atoms with Crippen LogP contribution in [0.3, 0.4) is 0 Å². The minimum absolute atomic E-state index is 0.110. The molecule has 1 aliphatic rings. The van der Waals surface area contributed by atoms with E-state index in [2.05, 4.69) is 15.6 Å². The molecule has 0 spiro atoms. The molecule has 1 fully saturated rings. The molecule has 3 N–H and O–H groups in total. The Morgan fingerprint density at radius 1 is 1.04 bits per heavy atom. The van der Waals surface area contributed by atoms with Crippen LogP contribution in [-0.4, -0.2) is 34.6 Å². The highest BCUT2D eigenvalue weighted by Crippen LogP contribution is 2.20. The number of benzene rings is 2. The second-order valence-corrected chi connectivity index (χ2v) is 6.42. The maximum atomic E-state index is 12.7. The lowest BCUT2D eigenvalue weighted by Crippen LogP contribution is -2.27. The summed E-state index contributed by atoms with van der Waals surface area (Å²) in [7, 11) is 0. The molecule has 2 aromatic carbocycles. The van der Waals surface area contributed by atoms with Gasteiger partial charge in [-0.2, -0.15) is 0 Å². The molecule has 0 unspecified atom stereocenters. The van der Waals surface area contributed by atoms with Crippen LogP contribution in [0.4, 0.5) is 16.2 Å². The fraction of sp³-hybridized carbons (Fsp3) is 0.105. The number of anilines is 2. The Bertz CT molecular complexity index is 1040. The van der Waals surface area contributed by atoms with Crippen LogP contribution in [0.15, 0.2) is 60.8 Å². The van der Waals surface area contributed by atoms with Crippen molar-refractivity contribution in [2.24, 2.45) is 0 Å². The monoisotopic (exact) mass is 379 g/mol. The molecule has 0 aliphatic carbocycles. The molecule has 0 atom stereocenters. The Hall–Kier alpha value is -3.39. The second kappa shape index (κ2) is 7.08. The average molecular weight is 379 g/mol. The molecule has 3 aromatic rings. The average Bonchev–Trinajstić information content (AvgIpc) is 3.29. The lowest BCUT2D eigenvalue weighted by Gasteiger charge is -2.15. The number of rotatable bonds is 4. The minimum atomic E-state index is -0.280. The van der Waals surface area contributed by atoms with Crippen molar-refractivity contribution in [3.63, 3.8) is 0 Å². The number of urea groups is 1. The van der Waals surface area contributed by atoms with E-state index in [0.717, 1.165) is 11.4 Å². The van der Waals surface area contributed by atoms with Crippen molar-refractivity contribution in [2.45, 2.75) is 0 Å². The molecule has 0 saturated carbocycles. The van der Waals surface area contributed by atoms with Crippen molar-refractivity contribution >= 4 is 35.5 Å². The van der Waals surface area contributed by atoms with Crippen LogP contribution in [0.25, 0.3) is 5.69 Å². The number of carbonyl (C=O) groups is 2. The Morgan fingerprint density at radius 2 is 1.78 bits per heavy atom. The van der Waals surface area contributed by atoms with Crippen LogP contribution in [0.5, 0.6) is 0 Å². The van der Waals surface area contributed by atoms with Gasteiger partial charge in [0.1, 0.15) is 5.69 Å². The first-order valence-electron chi connectivity index (χ1n) is 8.46. The number of amides is 3. The third-order valence-electron chi connectivity index (χ3n) is 4.32. The van der Waals surface area contributed by atoms with Gasteiger partial charge < -0.3 is 15.6 Å². The summed E-state index contributed by atoms with van der Waals surface area (Å²) in [6.45, 7) is 1.26. The second-order valence-electron chi connectivity index (χ2n) is 6.03. The van der Waals surface area contributed by atoms with Gasteiger partial charge in [-0.3, -0.25) is 14.3 Å². The van der Waals surface area contributed by atoms with Gasteiger partial charge in [0, 0.05) is 36.3 Å². The summed E-state index contributed by atoms with van der Waals surface area (Å²) in [4.78, 5) is 29.0.